The fraction of sp³-hybridized carbons (Fsp3) is 0.333. The van der Waals surface area contributed by atoms with E-state index in [1.807, 2.05) is 43.4 Å². The van der Waals surface area contributed by atoms with Crippen molar-refractivity contribution < 1.29 is 9.47 Å². The summed E-state index contributed by atoms with van der Waals surface area (Å²) in [5.74, 6) is 2.11. The summed E-state index contributed by atoms with van der Waals surface area (Å²) < 4.78 is 13.4. The van der Waals surface area contributed by atoms with E-state index < -0.39 is 0 Å². The molecule has 0 spiro atoms. The second-order valence-electron chi connectivity index (χ2n) is 5.57. The highest BCUT2D eigenvalue weighted by Crippen LogP contribution is 2.39. The normalized spacial score (nSPS) is 20.1. The molecule has 3 rings (SSSR count). The van der Waals surface area contributed by atoms with Crippen LogP contribution in [-0.4, -0.2) is 20.2 Å². The maximum Gasteiger partial charge on any atom is 0.135 e. The molecule has 4 heteroatoms. The number of hydrogen-bond acceptors (Lipinski definition) is 3. The third-order valence-electron chi connectivity index (χ3n) is 4.04. The first-order valence-corrected chi connectivity index (χ1v) is 8.28. The Morgan fingerprint density at radius 2 is 2.05 bits per heavy atom. The Morgan fingerprint density at radius 1 is 1.23 bits per heavy atom. The average Bonchev–Trinajstić information content (AvgIpc) is 2.54. The van der Waals surface area contributed by atoms with Crippen molar-refractivity contribution >= 4 is 15.9 Å². The summed E-state index contributed by atoms with van der Waals surface area (Å²) in [5, 5.41) is 3.24. The number of hydrogen-bond donors (Lipinski definition) is 1. The van der Waals surface area contributed by atoms with E-state index in [2.05, 4.69) is 34.2 Å². The summed E-state index contributed by atoms with van der Waals surface area (Å²) in [6.07, 6.45) is -0.00889. The molecule has 0 saturated carbocycles. The summed E-state index contributed by atoms with van der Waals surface area (Å²) in [6, 6.07) is 14.2. The molecular weight excluding hydrogens is 342 g/mol. The fourth-order valence-corrected chi connectivity index (χ4v) is 3.17. The monoisotopic (exact) mass is 361 g/mol. The molecule has 2 aromatic carbocycles. The first-order valence-electron chi connectivity index (χ1n) is 7.49. The van der Waals surface area contributed by atoms with E-state index in [1.54, 1.807) is 0 Å². The molecule has 1 heterocycles. The Kier molecular flexibility index (Phi) is 4.69. The van der Waals surface area contributed by atoms with Crippen molar-refractivity contribution in [3.05, 3.63) is 58.1 Å². The molecular formula is C18H20BrNO2. The molecule has 3 nitrogen and oxygen atoms in total. The molecule has 22 heavy (non-hydrogen) atoms. The maximum atomic E-state index is 6.41. The molecule has 0 unspecified atom stereocenters. The van der Waals surface area contributed by atoms with Gasteiger partial charge in [-0.15, -0.1) is 0 Å². The quantitative estimate of drug-likeness (QED) is 0.888. The highest BCUT2D eigenvalue weighted by molar-refractivity contribution is 9.10. The van der Waals surface area contributed by atoms with Gasteiger partial charge in [-0.1, -0.05) is 40.2 Å². The summed E-state index contributed by atoms with van der Waals surface area (Å²) in [6.45, 7) is 3.58. The zero-order valence-corrected chi connectivity index (χ0v) is 14.4. The Morgan fingerprint density at radius 3 is 2.86 bits per heavy atom. The number of fused-ring (bicyclic) bond motifs is 1. The highest BCUT2D eigenvalue weighted by atomic mass is 79.9. The predicted molar refractivity (Wildman–Crippen MR) is 91.6 cm³/mol. The predicted octanol–water partition coefficient (Wildman–Crippen LogP) is 4.11. The summed E-state index contributed by atoms with van der Waals surface area (Å²) in [4.78, 5) is 0. The van der Waals surface area contributed by atoms with Gasteiger partial charge in [-0.3, -0.25) is 0 Å². The second kappa shape index (κ2) is 6.71. The minimum atomic E-state index is -0.00889. The summed E-state index contributed by atoms with van der Waals surface area (Å²) in [5.41, 5.74) is 2.24. The number of halogens is 1. The van der Waals surface area contributed by atoms with Crippen LogP contribution in [0, 0.1) is 12.8 Å². The van der Waals surface area contributed by atoms with E-state index in [0.717, 1.165) is 33.6 Å². The Hall–Kier alpha value is -1.52. The number of para-hydroxylation sites is 1. The average molecular weight is 362 g/mol. The molecule has 1 N–H and O–H groups in total. The minimum Gasteiger partial charge on any atom is -0.493 e. The van der Waals surface area contributed by atoms with Gasteiger partial charge in [-0.25, -0.2) is 0 Å². The van der Waals surface area contributed by atoms with E-state index >= 15 is 0 Å². The van der Waals surface area contributed by atoms with Crippen LogP contribution in [0.5, 0.6) is 11.5 Å². The molecule has 116 valence electrons. The summed E-state index contributed by atoms with van der Waals surface area (Å²) in [7, 11) is 1.96. The number of benzene rings is 2. The maximum absolute atomic E-state index is 6.41. The Labute approximate surface area is 139 Å². The van der Waals surface area contributed by atoms with Crippen LogP contribution in [-0.2, 0) is 0 Å². The van der Waals surface area contributed by atoms with E-state index in [0.29, 0.717) is 6.61 Å². The van der Waals surface area contributed by atoms with Crippen LogP contribution in [0.1, 0.15) is 17.2 Å². The van der Waals surface area contributed by atoms with Crippen molar-refractivity contribution in [2.45, 2.75) is 13.0 Å². The first-order chi connectivity index (χ1) is 10.7. The van der Waals surface area contributed by atoms with Gasteiger partial charge >= 0.3 is 0 Å². The fourth-order valence-electron chi connectivity index (χ4n) is 2.83. The molecule has 0 aromatic heterocycles. The van der Waals surface area contributed by atoms with Gasteiger partial charge in [0.25, 0.3) is 0 Å². The largest absolute Gasteiger partial charge is 0.493 e. The van der Waals surface area contributed by atoms with Gasteiger partial charge in [0, 0.05) is 28.1 Å². The van der Waals surface area contributed by atoms with Crippen LogP contribution >= 0.6 is 15.9 Å². The molecule has 0 bridgehead atoms. The van der Waals surface area contributed by atoms with Gasteiger partial charge in [0.05, 0.1) is 6.61 Å². The van der Waals surface area contributed by atoms with Gasteiger partial charge in [-0.05, 0) is 32.2 Å². The van der Waals surface area contributed by atoms with Crippen molar-refractivity contribution in [1.29, 1.82) is 0 Å². The molecule has 2 atom stereocenters. The third kappa shape index (κ3) is 2.99. The number of rotatable bonds is 4. The molecule has 0 amide bonds. The van der Waals surface area contributed by atoms with Crippen LogP contribution in [0.3, 0.4) is 0 Å². The van der Waals surface area contributed by atoms with E-state index in [-0.39, 0.29) is 12.0 Å². The smallest absolute Gasteiger partial charge is 0.135 e. The van der Waals surface area contributed by atoms with Crippen LogP contribution in [0.4, 0.5) is 0 Å². The SMILES string of the molecule is CNC[C@H]1COc2ccccc2[C@H]1Oc1cccc(Br)c1C. The number of ether oxygens (including phenoxy) is 2. The van der Waals surface area contributed by atoms with Crippen molar-refractivity contribution in [1.82, 2.24) is 5.32 Å². The lowest BCUT2D eigenvalue weighted by molar-refractivity contribution is 0.0698. The zero-order chi connectivity index (χ0) is 15.5. The molecule has 2 aromatic rings. The summed E-state index contributed by atoms with van der Waals surface area (Å²) >= 11 is 3.57. The molecule has 0 fully saturated rings. The van der Waals surface area contributed by atoms with Crippen LogP contribution in [0.25, 0.3) is 0 Å². The van der Waals surface area contributed by atoms with Gasteiger partial charge < -0.3 is 14.8 Å². The van der Waals surface area contributed by atoms with E-state index in [4.69, 9.17) is 9.47 Å². The second-order valence-corrected chi connectivity index (χ2v) is 6.42. The van der Waals surface area contributed by atoms with Gasteiger partial charge in [-0.2, -0.15) is 0 Å². The standard InChI is InChI=1S/C18H20BrNO2/c1-12-15(19)7-5-9-16(12)22-18-13(10-20-2)11-21-17-8-4-3-6-14(17)18/h3-9,13,18,20H,10-11H2,1-2H3/t13-,18-/m0/s1. The lowest BCUT2D eigenvalue weighted by Gasteiger charge is -2.34. The van der Waals surface area contributed by atoms with Crippen LogP contribution in [0.2, 0.25) is 0 Å². The van der Waals surface area contributed by atoms with E-state index in [9.17, 15) is 0 Å². The molecule has 1 aliphatic heterocycles. The van der Waals surface area contributed by atoms with Crippen LogP contribution < -0.4 is 14.8 Å². The molecule has 0 aliphatic carbocycles. The lowest BCUT2D eigenvalue weighted by Crippen LogP contribution is -2.36. The van der Waals surface area contributed by atoms with Crippen molar-refractivity contribution in [3.8, 4) is 11.5 Å². The van der Waals surface area contributed by atoms with Crippen LogP contribution in [0.15, 0.2) is 46.9 Å². The van der Waals surface area contributed by atoms with Crippen molar-refractivity contribution in [3.63, 3.8) is 0 Å². The molecule has 0 saturated heterocycles. The Balaban J connectivity index is 1.95. The van der Waals surface area contributed by atoms with Gasteiger partial charge in [0.15, 0.2) is 0 Å². The number of nitrogens with one attached hydrogen (secondary N) is 1. The molecule has 0 radical (unpaired) electrons. The topological polar surface area (TPSA) is 30.5 Å². The molecule has 1 aliphatic rings. The van der Waals surface area contributed by atoms with Gasteiger partial charge in [0.2, 0.25) is 0 Å². The lowest BCUT2D eigenvalue weighted by atomic mass is 9.93. The third-order valence-corrected chi connectivity index (χ3v) is 4.90. The minimum absolute atomic E-state index is 0.00889. The van der Waals surface area contributed by atoms with E-state index in [1.165, 1.54) is 0 Å². The van der Waals surface area contributed by atoms with Crippen molar-refractivity contribution in [2.24, 2.45) is 5.92 Å². The highest BCUT2D eigenvalue weighted by Gasteiger charge is 2.32. The first kappa shape index (κ1) is 15.4. The van der Waals surface area contributed by atoms with Crippen molar-refractivity contribution in [2.75, 3.05) is 20.2 Å². The Bertz CT molecular complexity index is 659. The van der Waals surface area contributed by atoms with Gasteiger partial charge in [0.1, 0.15) is 17.6 Å². The zero-order valence-electron chi connectivity index (χ0n) is 12.8.